The van der Waals surface area contributed by atoms with Gasteiger partial charge in [0.2, 0.25) is 5.91 Å². The van der Waals surface area contributed by atoms with Crippen molar-refractivity contribution in [1.29, 1.82) is 0 Å². The fourth-order valence-corrected chi connectivity index (χ4v) is 4.22. The van der Waals surface area contributed by atoms with Gasteiger partial charge in [-0.1, -0.05) is 0 Å². The molecule has 2 saturated heterocycles. The van der Waals surface area contributed by atoms with Crippen molar-refractivity contribution >= 4 is 29.8 Å². The first kappa shape index (κ1) is 29.4. The number of rotatable bonds is 9. The third kappa shape index (κ3) is 10.8. The molecule has 2 rings (SSSR count). The summed E-state index contributed by atoms with van der Waals surface area (Å²) in [5.41, 5.74) is 0. The average molecular weight is 517 g/mol. The molecular formula is C21H36N6O9. The maximum atomic E-state index is 13.0. The van der Waals surface area contributed by atoms with Gasteiger partial charge in [0, 0.05) is 72.0 Å². The van der Waals surface area contributed by atoms with Crippen molar-refractivity contribution in [3.8, 4) is 0 Å². The molecule has 204 valence electrons. The van der Waals surface area contributed by atoms with Crippen LogP contribution >= 0.6 is 0 Å². The van der Waals surface area contributed by atoms with E-state index in [-0.39, 0.29) is 51.7 Å². The molecule has 2 aliphatic rings. The van der Waals surface area contributed by atoms with Crippen molar-refractivity contribution in [1.82, 2.24) is 29.8 Å². The van der Waals surface area contributed by atoms with Crippen LogP contribution < -0.4 is 5.32 Å². The number of carbonyl (C=O) groups excluding carboxylic acids is 1. The quantitative estimate of drug-likeness (QED) is 0.201. The summed E-state index contributed by atoms with van der Waals surface area (Å²) in [6.07, 6.45) is 0. The highest BCUT2D eigenvalue weighted by Crippen LogP contribution is 2.05. The van der Waals surface area contributed by atoms with Crippen LogP contribution in [-0.2, 0) is 24.0 Å². The first-order chi connectivity index (χ1) is 17.0. The second-order valence-corrected chi connectivity index (χ2v) is 8.97. The van der Waals surface area contributed by atoms with Gasteiger partial charge in [-0.2, -0.15) is 0 Å². The molecule has 0 aliphatic carbocycles. The molecule has 0 spiro atoms. The Morgan fingerprint density at radius 3 is 1.28 bits per heavy atom. The fraction of sp³-hybridized carbons (Fsp3) is 0.762. The topological polar surface area (TPSA) is 194 Å². The molecule has 1 atom stereocenters. The Labute approximate surface area is 208 Å². The Kier molecular flexibility index (Phi) is 12.0. The molecule has 2 fully saturated rings. The summed E-state index contributed by atoms with van der Waals surface area (Å²) in [6, 6.07) is -0.847. The number of nitrogens with zero attached hydrogens (tertiary/aromatic N) is 5. The molecule has 15 nitrogen and oxygen atoms in total. The lowest BCUT2D eigenvalue weighted by molar-refractivity contribution is -0.143. The minimum absolute atomic E-state index is 0.0146. The molecule has 0 bridgehead atoms. The number of carbonyl (C=O) groups is 5. The van der Waals surface area contributed by atoms with Gasteiger partial charge in [-0.25, -0.2) is 0 Å². The van der Waals surface area contributed by atoms with Crippen molar-refractivity contribution in [2.24, 2.45) is 0 Å². The Morgan fingerprint density at radius 2 is 0.944 bits per heavy atom. The number of piperazine rings is 1. The fourth-order valence-electron chi connectivity index (χ4n) is 4.22. The molecule has 0 radical (unpaired) electrons. The lowest BCUT2D eigenvalue weighted by Crippen LogP contribution is -2.57. The van der Waals surface area contributed by atoms with Crippen LogP contribution in [0.2, 0.25) is 0 Å². The minimum atomic E-state index is -1.04. The zero-order valence-electron chi connectivity index (χ0n) is 20.3. The number of hydrogen-bond acceptors (Lipinski definition) is 10. The summed E-state index contributed by atoms with van der Waals surface area (Å²) < 4.78 is 0. The highest BCUT2D eigenvalue weighted by Gasteiger charge is 2.29. The largest absolute Gasteiger partial charge is 0.480 e. The third-order valence-corrected chi connectivity index (χ3v) is 6.19. The van der Waals surface area contributed by atoms with Crippen LogP contribution in [0.25, 0.3) is 0 Å². The van der Waals surface area contributed by atoms with Gasteiger partial charge in [-0.05, 0) is 0 Å². The van der Waals surface area contributed by atoms with Crippen molar-refractivity contribution < 1.29 is 44.4 Å². The van der Waals surface area contributed by atoms with E-state index in [1.807, 2.05) is 4.90 Å². The molecule has 0 unspecified atom stereocenters. The Bertz CT molecular complexity index is 766. The van der Waals surface area contributed by atoms with Gasteiger partial charge in [-0.15, -0.1) is 0 Å². The van der Waals surface area contributed by atoms with Crippen molar-refractivity contribution in [2.45, 2.75) is 6.04 Å². The summed E-state index contributed by atoms with van der Waals surface area (Å²) >= 11 is 0. The SMILES string of the molecule is O=C(O)CN1CCN(CC(=O)O)CCN(CC(=O)N2CCN[C@H](C(=O)O)C2)CCN(CC(=O)O)CC1. The predicted molar refractivity (Wildman–Crippen MR) is 125 cm³/mol. The monoisotopic (exact) mass is 516 g/mol. The van der Waals surface area contributed by atoms with E-state index < -0.39 is 29.9 Å². The molecule has 0 aromatic carbocycles. The normalized spacial score (nSPS) is 22.3. The van der Waals surface area contributed by atoms with Crippen LogP contribution in [0.1, 0.15) is 0 Å². The lowest BCUT2D eigenvalue weighted by atomic mass is 10.2. The maximum Gasteiger partial charge on any atom is 0.322 e. The van der Waals surface area contributed by atoms with Gasteiger partial charge in [-0.3, -0.25) is 43.6 Å². The Morgan fingerprint density at radius 1 is 0.583 bits per heavy atom. The Balaban J connectivity index is 2.12. The van der Waals surface area contributed by atoms with E-state index in [0.29, 0.717) is 52.4 Å². The standard InChI is InChI=1S/C21H36N6O9/c28-17(27-2-1-22-16(11-27)21(35)36)12-23-3-5-24(13-18(29)30)7-9-26(15-20(33)34)10-8-25(6-4-23)14-19(31)32/h16,22H,1-15H2,(H,29,30)(H,31,32)(H,33,34)(H,35,36)/t16-/m0/s1. The van der Waals surface area contributed by atoms with E-state index in [4.69, 9.17) is 0 Å². The zero-order chi connectivity index (χ0) is 26.7. The Hall–Kier alpha value is -2.85. The first-order valence-electron chi connectivity index (χ1n) is 11.8. The van der Waals surface area contributed by atoms with Crippen molar-refractivity contribution in [3.63, 3.8) is 0 Å². The number of amides is 1. The van der Waals surface area contributed by atoms with Gasteiger partial charge < -0.3 is 30.6 Å². The van der Waals surface area contributed by atoms with E-state index in [9.17, 15) is 44.4 Å². The molecule has 36 heavy (non-hydrogen) atoms. The van der Waals surface area contributed by atoms with Crippen LogP contribution in [-0.4, -0.2) is 179 Å². The van der Waals surface area contributed by atoms with Crippen LogP contribution in [0.4, 0.5) is 0 Å². The maximum absolute atomic E-state index is 13.0. The van der Waals surface area contributed by atoms with Gasteiger partial charge in [0.25, 0.3) is 0 Å². The number of nitrogens with one attached hydrogen (secondary N) is 1. The molecule has 0 aromatic heterocycles. The predicted octanol–water partition coefficient (Wildman–Crippen LogP) is -3.65. The molecule has 5 N–H and O–H groups in total. The van der Waals surface area contributed by atoms with Crippen LogP contribution in [0.15, 0.2) is 0 Å². The van der Waals surface area contributed by atoms with Gasteiger partial charge in [0.1, 0.15) is 6.04 Å². The van der Waals surface area contributed by atoms with Crippen LogP contribution in [0.3, 0.4) is 0 Å². The highest BCUT2D eigenvalue weighted by atomic mass is 16.4. The summed E-state index contributed by atoms with van der Waals surface area (Å²) in [5.74, 6) is -4.37. The summed E-state index contributed by atoms with van der Waals surface area (Å²) in [6.45, 7) is 2.43. The van der Waals surface area contributed by atoms with E-state index in [2.05, 4.69) is 5.32 Å². The average Bonchev–Trinajstić information content (AvgIpc) is 2.79. The second-order valence-electron chi connectivity index (χ2n) is 8.97. The van der Waals surface area contributed by atoms with Gasteiger partial charge in [0.15, 0.2) is 0 Å². The first-order valence-corrected chi connectivity index (χ1v) is 11.8. The van der Waals surface area contributed by atoms with E-state index in [0.717, 1.165) is 0 Å². The molecule has 2 heterocycles. The number of carboxylic acids is 4. The zero-order valence-corrected chi connectivity index (χ0v) is 20.3. The molecule has 0 saturated carbocycles. The minimum Gasteiger partial charge on any atom is -0.480 e. The summed E-state index contributed by atoms with van der Waals surface area (Å²) in [4.78, 5) is 66.6. The summed E-state index contributed by atoms with van der Waals surface area (Å²) in [5, 5.41) is 39.9. The van der Waals surface area contributed by atoms with Gasteiger partial charge in [0.05, 0.1) is 26.2 Å². The lowest BCUT2D eigenvalue weighted by Gasteiger charge is -2.35. The molecule has 1 amide bonds. The molecular weight excluding hydrogens is 480 g/mol. The van der Waals surface area contributed by atoms with Crippen LogP contribution in [0.5, 0.6) is 0 Å². The number of aliphatic carboxylic acids is 4. The number of carboxylic acid groups (broad SMARTS) is 4. The van der Waals surface area contributed by atoms with Crippen LogP contribution in [0, 0.1) is 0 Å². The summed E-state index contributed by atoms with van der Waals surface area (Å²) in [7, 11) is 0. The van der Waals surface area contributed by atoms with Crippen molar-refractivity contribution in [2.75, 3.05) is 98.2 Å². The second kappa shape index (κ2) is 14.6. The van der Waals surface area contributed by atoms with E-state index >= 15 is 0 Å². The molecule has 0 aromatic rings. The van der Waals surface area contributed by atoms with Gasteiger partial charge >= 0.3 is 23.9 Å². The molecule has 2 aliphatic heterocycles. The smallest absolute Gasteiger partial charge is 0.322 e. The molecule has 15 heteroatoms. The van der Waals surface area contributed by atoms with E-state index in [1.165, 1.54) is 4.90 Å². The number of hydrogen-bond donors (Lipinski definition) is 5. The van der Waals surface area contributed by atoms with Crippen molar-refractivity contribution in [3.05, 3.63) is 0 Å². The highest BCUT2D eigenvalue weighted by molar-refractivity contribution is 5.80. The third-order valence-electron chi connectivity index (χ3n) is 6.19. The van der Waals surface area contributed by atoms with E-state index in [1.54, 1.807) is 14.7 Å².